The van der Waals surface area contributed by atoms with Crippen molar-refractivity contribution >= 4 is 0 Å². The maximum absolute atomic E-state index is 5.18. The van der Waals surface area contributed by atoms with Crippen LogP contribution in [-0.4, -0.2) is 45.3 Å². The number of nitrogens with zero attached hydrogens (tertiary/aromatic N) is 1. The van der Waals surface area contributed by atoms with Gasteiger partial charge in [0.1, 0.15) is 0 Å². The molecule has 3 heteroatoms. The van der Waals surface area contributed by atoms with Crippen molar-refractivity contribution < 1.29 is 4.74 Å². The molecule has 108 valence electrons. The Morgan fingerprint density at radius 1 is 1.16 bits per heavy atom. The summed E-state index contributed by atoms with van der Waals surface area (Å²) in [5, 5.41) is 3.56. The van der Waals surface area contributed by atoms with Gasteiger partial charge in [0.2, 0.25) is 0 Å². The number of hydrogen-bond donors (Lipinski definition) is 1. The molecule has 0 aromatic heterocycles. The summed E-state index contributed by atoms with van der Waals surface area (Å²) in [7, 11) is 3.91. The van der Waals surface area contributed by atoms with Crippen molar-refractivity contribution in [1.82, 2.24) is 10.2 Å². The molecule has 0 saturated heterocycles. The lowest BCUT2D eigenvalue weighted by molar-refractivity contribution is 0.137. The molecular formula is C16H28N2O. The number of rotatable bonds is 9. The van der Waals surface area contributed by atoms with Gasteiger partial charge < -0.3 is 10.1 Å². The van der Waals surface area contributed by atoms with Crippen LogP contribution in [0.1, 0.15) is 25.5 Å². The van der Waals surface area contributed by atoms with Crippen LogP contribution in [0, 0.1) is 5.92 Å². The summed E-state index contributed by atoms with van der Waals surface area (Å²) in [5.41, 5.74) is 1.36. The van der Waals surface area contributed by atoms with Crippen molar-refractivity contribution in [3.63, 3.8) is 0 Å². The van der Waals surface area contributed by atoms with Crippen LogP contribution in [0.15, 0.2) is 30.3 Å². The molecule has 0 bridgehead atoms. The van der Waals surface area contributed by atoms with E-state index in [0.29, 0.717) is 12.0 Å². The van der Waals surface area contributed by atoms with Crippen molar-refractivity contribution in [3.05, 3.63) is 35.9 Å². The Morgan fingerprint density at radius 2 is 1.84 bits per heavy atom. The third-order valence-electron chi connectivity index (χ3n) is 3.25. The predicted molar refractivity (Wildman–Crippen MR) is 81.4 cm³/mol. The van der Waals surface area contributed by atoms with Gasteiger partial charge in [-0.05, 0) is 25.1 Å². The third-order valence-corrected chi connectivity index (χ3v) is 3.25. The van der Waals surface area contributed by atoms with Gasteiger partial charge in [-0.25, -0.2) is 0 Å². The molecule has 0 aliphatic carbocycles. The summed E-state index contributed by atoms with van der Waals surface area (Å²) in [5.74, 6) is 0.681. The van der Waals surface area contributed by atoms with E-state index in [1.54, 1.807) is 7.11 Å². The molecule has 0 fully saturated rings. The molecule has 0 aliphatic heterocycles. The van der Waals surface area contributed by atoms with E-state index in [2.05, 4.69) is 61.4 Å². The quantitative estimate of drug-likeness (QED) is 0.742. The summed E-state index contributed by atoms with van der Waals surface area (Å²) < 4.78 is 5.18. The largest absolute Gasteiger partial charge is 0.383 e. The Morgan fingerprint density at radius 3 is 2.42 bits per heavy atom. The minimum Gasteiger partial charge on any atom is -0.383 e. The zero-order valence-electron chi connectivity index (χ0n) is 12.7. The van der Waals surface area contributed by atoms with E-state index in [4.69, 9.17) is 4.74 Å². The fourth-order valence-electron chi connectivity index (χ4n) is 2.10. The molecule has 1 aromatic rings. The fourth-order valence-corrected chi connectivity index (χ4v) is 2.10. The summed E-state index contributed by atoms with van der Waals surface area (Å²) in [4.78, 5) is 2.35. The van der Waals surface area contributed by atoms with Crippen LogP contribution >= 0.6 is 0 Å². The number of nitrogens with one attached hydrogen (secondary N) is 1. The van der Waals surface area contributed by atoms with Gasteiger partial charge in [-0.3, -0.25) is 4.90 Å². The zero-order chi connectivity index (χ0) is 14.1. The maximum Gasteiger partial charge on any atom is 0.0589 e. The molecule has 1 unspecified atom stereocenters. The van der Waals surface area contributed by atoms with Crippen molar-refractivity contribution in [2.45, 2.75) is 19.9 Å². The van der Waals surface area contributed by atoms with E-state index in [9.17, 15) is 0 Å². The van der Waals surface area contributed by atoms with Crippen LogP contribution in [-0.2, 0) is 4.74 Å². The van der Waals surface area contributed by atoms with Crippen molar-refractivity contribution in [2.24, 2.45) is 5.92 Å². The van der Waals surface area contributed by atoms with Gasteiger partial charge >= 0.3 is 0 Å². The van der Waals surface area contributed by atoms with E-state index in [1.807, 2.05) is 0 Å². The van der Waals surface area contributed by atoms with Crippen LogP contribution in [0.4, 0.5) is 0 Å². The van der Waals surface area contributed by atoms with Gasteiger partial charge in [0, 0.05) is 26.2 Å². The molecule has 0 radical (unpaired) electrons. The number of benzene rings is 1. The first kappa shape index (κ1) is 16.2. The van der Waals surface area contributed by atoms with E-state index in [-0.39, 0.29) is 0 Å². The highest BCUT2D eigenvalue weighted by Crippen LogP contribution is 2.18. The summed E-state index contributed by atoms with van der Waals surface area (Å²) >= 11 is 0. The Kier molecular flexibility index (Phi) is 7.72. The number of hydrogen-bond acceptors (Lipinski definition) is 3. The molecule has 0 heterocycles. The van der Waals surface area contributed by atoms with Gasteiger partial charge in [-0.15, -0.1) is 0 Å². The van der Waals surface area contributed by atoms with E-state index >= 15 is 0 Å². The van der Waals surface area contributed by atoms with Crippen molar-refractivity contribution in [2.75, 3.05) is 40.4 Å². The minimum absolute atomic E-state index is 0.398. The van der Waals surface area contributed by atoms with Crippen LogP contribution in [0.5, 0.6) is 0 Å². The van der Waals surface area contributed by atoms with Gasteiger partial charge in [-0.1, -0.05) is 44.2 Å². The first-order valence-corrected chi connectivity index (χ1v) is 7.10. The SMILES string of the molecule is COCCN(C)C(CNCC(C)C)c1ccccc1. The standard InChI is InChI=1S/C16H28N2O/c1-14(2)12-17-13-16(18(3)10-11-19-4)15-8-6-5-7-9-15/h5-9,14,16-17H,10-13H2,1-4H3. The molecular weight excluding hydrogens is 236 g/mol. The molecule has 1 rings (SSSR count). The van der Waals surface area contributed by atoms with Gasteiger partial charge in [0.25, 0.3) is 0 Å². The second kappa shape index (κ2) is 9.08. The van der Waals surface area contributed by atoms with Gasteiger partial charge in [0.15, 0.2) is 0 Å². The van der Waals surface area contributed by atoms with Crippen LogP contribution < -0.4 is 5.32 Å². The second-order valence-electron chi connectivity index (χ2n) is 5.45. The summed E-state index contributed by atoms with van der Waals surface area (Å²) in [6, 6.07) is 11.1. The molecule has 0 spiro atoms. The summed E-state index contributed by atoms with van der Waals surface area (Å²) in [6.45, 7) is 8.21. The molecule has 0 amide bonds. The smallest absolute Gasteiger partial charge is 0.0589 e. The average Bonchev–Trinajstić information content (AvgIpc) is 2.41. The summed E-state index contributed by atoms with van der Waals surface area (Å²) in [6.07, 6.45) is 0. The first-order chi connectivity index (χ1) is 9.15. The van der Waals surface area contributed by atoms with Crippen LogP contribution in [0.25, 0.3) is 0 Å². The minimum atomic E-state index is 0.398. The lowest BCUT2D eigenvalue weighted by Gasteiger charge is -2.29. The maximum atomic E-state index is 5.18. The van der Waals surface area contributed by atoms with E-state index in [0.717, 1.165) is 26.2 Å². The van der Waals surface area contributed by atoms with Crippen molar-refractivity contribution in [1.29, 1.82) is 0 Å². The molecule has 0 saturated carbocycles. The molecule has 3 nitrogen and oxygen atoms in total. The zero-order valence-corrected chi connectivity index (χ0v) is 12.7. The molecule has 1 N–H and O–H groups in total. The molecule has 0 aliphatic rings. The monoisotopic (exact) mass is 264 g/mol. The van der Waals surface area contributed by atoms with Gasteiger partial charge in [-0.2, -0.15) is 0 Å². The lowest BCUT2D eigenvalue weighted by atomic mass is 10.1. The number of likely N-dealkylation sites (N-methyl/N-ethyl adjacent to an activating group) is 1. The molecule has 1 aromatic carbocycles. The van der Waals surface area contributed by atoms with Gasteiger partial charge in [0.05, 0.1) is 6.61 Å². The third kappa shape index (κ3) is 6.19. The van der Waals surface area contributed by atoms with E-state index < -0.39 is 0 Å². The van der Waals surface area contributed by atoms with Crippen LogP contribution in [0.2, 0.25) is 0 Å². The number of methoxy groups -OCH3 is 1. The highest BCUT2D eigenvalue weighted by atomic mass is 16.5. The normalized spacial score (nSPS) is 13.2. The van der Waals surface area contributed by atoms with E-state index in [1.165, 1.54) is 5.56 Å². The highest BCUT2D eigenvalue weighted by Gasteiger charge is 2.16. The van der Waals surface area contributed by atoms with Crippen LogP contribution in [0.3, 0.4) is 0 Å². The Bertz CT molecular complexity index is 327. The Hall–Kier alpha value is -0.900. The predicted octanol–water partition coefficient (Wildman–Crippen LogP) is 2.55. The Balaban J connectivity index is 2.62. The van der Waals surface area contributed by atoms with Crippen molar-refractivity contribution in [3.8, 4) is 0 Å². The highest BCUT2D eigenvalue weighted by molar-refractivity contribution is 5.19. The second-order valence-corrected chi connectivity index (χ2v) is 5.45. The number of ether oxygens (including phenoxy) is 1. The first-order valence-electron chi connectivity index (χ1n) is 7.10. The molecule has 19 heavy (non-hydrogen) atoms. The average molecular weight is 264 g/mol. The lowest BCUT2D eigenvalue weighted by Crippen LogP contribution is -2.36. The molecule has 1 atom stereocenters. The topological polar surface area (TPSA) is 24.5 Å². The Labute approximate surface area is 118 Å². The fraction of sp³-hybridized carbons (Fsp3) is 0.625.